The van der Waals surface area contributed by atoms with Crippen molar-refractivity contribution in [2.45, 2.75) is 13.8 Å². The lowest BCUT2D eigenvalue weighted by Gasteiger charge is -2.10. The van der Waals surface area contributed by atoms with Crippen molar-refractivity contribution in [2.24, 2.45) is 0 Å². The van der Waals surface area contributed by atoms with Crippen LogP contribution in [-0.4, -0.2) is 24.6 Å². The van der Waals surface area contributed by atoms with E-state index in [4.69, 9.17) is 0 Å². The van der Waals surface area contributed by atoms with Crippen LogP contribution in [0.5, 0.6) is 0 Å². The van der Waals surface area contributed by atoms with Crippen molar-refractivity contribution >= 4 is 17.2 Å². The van der Waals surface area contributed by atoms with Crippen LogP contribution in [0.3, 0.4) is 0 Å². The summed E-state index contributed by atoms with van der Waals surface area (Å²) in [6.07, 6.45) is 1.50. The summed E-state index contributed by atoms with van der Waals surface area (Å²) in [5.74, 6) is -0.389. The lowest BCUT2D eigenvalue weighted by Crippen LogP contribution is -2.07. The molecule has 0 bridgehead atoms. The van der Waals surface area contributed by atoms with Crippen molar-refractivity contribution in [3.63, 3.8) is 0 Å². The van der Waals surface area contributed by atoms with Gasteiger partial charge in [0.1, 0.15) is 0 Å². The van der Waals surface area contributed by atoms with Crippen LogP contribution >= 0.6 is 0 Å². The highest BCUT2D eigenvalue weighted by Crippen LogP contribution is 2.21. The maximum atomic E-state index is 11.3. The van der Waals surface area contributed by atoms with Crippen molar-refractivity contribution in [1.29, 1.82) is 0 Å². The molecular weight excluding hydrogens is 204 g/mol. The summed E-state index contributed by atoms with van der Waals surface area (Å²) in [5.41, 5.74) is 2.86. The highest BCUT2D eigenvalue weighted by molar-refractivity contribution is 5.91. The van der Waals surface area contributed by atoms with Gasteiger partial charge in [-0.25, -0.2) is 4.79 Å². The number of hydrogen-bond donors (Lipinski definition) is 1. The molecule has 0 saturated carbocycles. The summed E-state index contributed by atoms with van der Waals surface area (Å²) in [6, 6.07) is 1.73. The zero-order chi connectivity index (χ0) is 12.1. The van der Waals surface area contributed by atoms with E-state index in [1.165, 1.54) is 13.3 Å². The molecular formula is C12H16N2O2. The molecule has 0 atom stereocenters. The summed E-state index contributed by atoms with van der Waals surface area (Å²) in [5, 5.41) is 3.15. The van der Waals surface area contributed by atoms with Crippen LogP contribution in [0.2, 0.25) is 0 Å². The Bertz CT molecular complexity index is 413. The largest absolute Gasteiger partial charge is 0.465 e. The van der Waals surface area contributed by atoms with Gasteiger partial charge in [0.05, 0.1) is 24.1 Å². The van der Waals surface area contributed by atoms with E-state index in [-0.39, 0.29) is 5.97 Å². The highest BCUT2D eigenvalue weighted by Gasteiger charge is 2.10. The fraction of sp³-hybridized carbons (Fsp3) is 0.333. The minimum absolute atomic E-state index is 0.389. The van der Waals surface area contributed by atoms with Crippen LogP contribution in [0.4, 0.5) is 5.69 Å². The minimum Gasteiger partial charge on any atom is -0.465 e. The number of nitrogens with zero attached hydrogens (tertiary/aromatic N) is 1. The molecule has 0 saturated heterocycles. The Balaban J connectivity index is 3.16. The molecule has 1 rings (SSSR count). The van der Waals surface area contributed by atoms with E-state index >= 15 is 0 Å². The molecule has 0 fully saturated rings. The molecule has 0 unspecified atom stereocenters. The molecule has 1 N–H and O–H groups in total. The smallest absolute Gasteiger partial charge is 0.339 e. The molecule has 0 aliphatic carbocycles. The van der Waals surface area contributed by atoms with Gasteiger partial charge in [0.15, 0.2) is 0 Å². The van der Waals surface area contributed by atoms with Gasteiger partial charge in [-0.05, 0) is 25.5 Å². The number of aromatic nitrogens is 1. The lowest BCUT2D eigenvalue weighted by molar-refractivity contribution is 0.0600. The van der Waals surface area contributed by atoms with E-state index in [1.807, 2.05) is 13.8 Å². The zero-order valence-corrected chi connectivity index (χ0v) is 9.83. The lowest BCUT2D eigenvalue weighted by atomic mass is 10.1. The molecule has 1 aromatic rings. The van der Waals surface area contributed by atoms with Gasteiger partial charge in [0.2, 0.25) is 0 Å². The standard InChI is InChI=1S/C12H16N2O2/c1-5-13-10-6-9(12(15)16-4)7-14-11(10)8(2)3/h6-7,13H,2,5H2,1,3-4H3. The van der Waals surface area contributed by atoms with Gasteiger partial charge in [0.25, 0.3) is 0 Å². The normalized spacial score (nSPS) is 9.69. The van der Waals surface area contributed by atoms with Crippen molar-refractivity contribution in [3.05, 3.63) is 30.1 Å². The summed E-state index contributed by atoms with van der Waals surface area (Å²) >= 11 is 0. The van der Waals surface area contributed by atoms with Gasteiger partial charge in [0, 0.05) is 12.7 Å². The summed E-state index contributed by atoms with van der Waals surface area (Å²) in [4.78, 5) is 15.5. The summed E-state index contributed by atoms with van der Waals surface area (Å²) in [6.45, 7) is 8.46. The van der Waals surface area contributed by atoms with Crippen LogP contribution in [0.25, 0.3) is 5.57 Å². The number of methoxy groups -OCH3 is 1. The Kier molecular flexibility index (Phi) is 4.05. The number of nitrogens with one attached hydrogen (secondary N) is 1. The van der Waals surface area contributed by atoms with E-state index in [9.17, 15) is 4.79 Å². The van der Waals surface area contributed by atoms with Crippen LogP contribution in [0.15, 0.2) is 18.8 Å². The summed E-state index contributed by atoms with van der Waals surface area (Å²) in [7, 11) is 1.35. The van der Waals surface area contributed by atoms with Crippen LogP contribution < -0.4 is 5.32 Å². The topological polar surface area (TPSA) is 51.2 Å². The van der Waals surface area contributed by atoms with Gasteiger partial charge in [-0.2, -0.15) is 0 Å². The first-order chi connectivity index (χ1) is 7.60. The molecule has 0 amide bonds. The van der Waals surface area contributed by atoms with Gasteiger partial charge in [-0.15, -0.1) is 0 Å². The third-order valence-electron chi connectivity index (χ3n) is 2.08. The van der Waals surface area contributed by atoms with Crippen LogP contribution in [0.1, 0.15) is 29.9 Å². The predicted octanol–water partition coefficient (Wildman–Crippen LogP) is 2.33. The zero-order valence-electron chi connectivity index (χ0n) is 9.83. The monoisotopic (exact) mass is 220 g/mol. The number of pyridine rings is 1. The van der Waals surface area contributed by atoms with E-state index in [2.05, 4.69) is 21.6 Å². The number of allylic oxidation sites excluding steroid dienone is 1. The first-order valence-corrected chi connectivity index (χ1v) is 5.08. The molecule has 4 heteroatoms. The fourth-order valence-corrected chi connectivity index (χ4v) is 1.36. The first-order valence-electron chi connectivity index (χ1n) is 5.08. The average molecular weight is 220 g/mol. The number of rotatable bonds is 4. The molecule has 0 radical (unpaired) electrons. The highest BCUT2D eigenvalue weighted by atomic mass is 16.5. The maximum Gasteiger partial charge on any atom is 0.339 e. The van der Waals surface area contributed by atoms with Crippen molar-refractivity contribution in [3.8, 4) is 0 Å². The molecule has 86 valence electrons. The van der Waals surface area contributed by atoms with Gasteiger partial charge in [-0.3, -0.25) is 4.98 Å². The molecule has 0 spiro atoms. The second kappa shape index (κ2) is 5.30. The number of hydrogen-bond acceptors (Lipinski definition) is 4. The quantitative estimate of drug-likeness (QED) is 0.791. The number of anilines is 1. The Labute approximate surface area is 95.3 Å². The van der Waals surface area contributed by atoms with Gasteiger partial charge in [-0.1, -0.05) is 6.58 Å². The predicted molar refractivity (Wildman–Crippen MR) is 64.4 cm³/mol. The van der Waals surface area contributed by atoms with E-state index in [0.717, 1.165) is 23.5 Å². The van der Waals surface area contributed by atoms with Crippen LogP contribution in [0, 0.1) is 0 Å². The van der Waals surface area contributed by atoms with Crippen LogP contribution in [-0.2, 0) is 4.74 Å². The summed E-state index contributed by atoms with van der Waals surface area (Å²) < 4.78 is 4.64. The maximum absolute atomic E-state index is 11.3. The minimum atomic E-state index is -0.389. The Morgan fingerprint density at radius 2 is 2.31 bits per heavy atom. The van der Waals surface area contributed by atoms with E-state index in [1.54, 1.807) is 6.07 Å². The molecule has 0 aromatic carbocycles. The number of esters is 1. The molecule has 0 aliphatic rings. The second-order valence-electron chi connectivity index (χ2n) is 3.42. The van der Waals surface area contributed by atoms with Gasteiger partial charge < -0.3 is 10.1 Å². The van der Waals surface area contributed by atoms with Crippen molar-refractivity contribution in [1.82, 2.24) is 4.98 Å². The second-order valence-corrected chi connectivity index (χ2v) is 3.42. The van der Waals surface area contributed by atoms with E-state index in [0.29, 0.717) is 5.56 Å². The van der Waals surface area contributed by atoms with E-state index < -0.39 is 0 Å². The molecule has 4 nitrogen and oxygen atoms in total. The first kappa shape index (κ1) is 12.2. The van der Waals surface area contributed by atoms with Gasteiger partial charge >= 0.3 is 5.97 Å². The third-order valence-corrected chi connectivity index (χ3v) is 2.08. The Morgan fingerprint density at radius 3 is 2.81 bits per heavy atom. The SMILES string of the molecule is C=C(C)c1ncc(C(=O)OC)cc1NCC. The fourth-order valence-electron chi connectivity index (χ4n) is 1.36. The van der Waals surface area contributed by atoms with Crippen molar-refractivity contribution < 1.29 is 9.53 Å². The number of ether oxygens (including phenoxy) is 1. The molecule has 0 aliphatic heterocycles. The Hall–Kier alpha value is -1.84. The number of carbonyl (C=O) groups is 1. The average Bonchev–Trinajstić information content (AvgIpc) is 2.28. The third kappa shape index (κ3) is 2.59. The molecule has 1 aromatic heterocycles. The Morgan fingerprint density at radius 1 is 1.62 bits per heavy atom. The molecule has 16 heavy (non-hydrogen) atoms. The molecule has 1 heterocycles. The number of carbonyl (C=O) groups excluding carboxylic acids is 1. The van der Waals surface area contributed by atoms with Crippen molar-refractivity contribution in [2.75, 3.05) is 19.0 Å².